The Morgan fingerprint density at radius 1 is 1.32 bits per heavy atom. The van der Waals surface area contributed by atoms with Gasteiger partial charge in [0.25, 0.3) is 5.91 Å². The molecule has 5 N–H and O–H groups in total. The molecule has 0 aromatic heterocycles. The van der Waals surface area contributed by atoms with E-state index in [-0.39, 0.29) is 17.9 Å². The van der Waals surface area contributed by atoms with E-state index in [0.29, 0.717) is 24.3 Å². The second-order valence-electron chi connectivity index (χ2n) is 4.31. The fraction of sp³-hybridized carbons (Fsp3) is 0.250. The molecule has 1 aromatic rings. The highest BCUT2D eigenvalue weighted by atomic mass is 16.2. The molecule has 0 unspecified atom stereocenters. The van der Waals surface area contributed by atoms with E-state index in [4.69, 9.17) is 11.5 Å². The van der Waals surface area contributed by atoms with E-state index in [1.165, 1.54) is 0 Å². The number of rotatable bonds is 4. The van der Waals surface area contributed by atoms with Gasteiger partial charge in [-0.05, 0) is 24.3 Å². The number of hydrogen-bond donors (Lipinski definition) is 3. The zero-order valence-electron chi connectivity index (χ0n) is 10.2. The van der Waals surface area contributed by atoms with Gasteiger partial charge >= 0.3 is 0 Å². The molecule has 0 spiro atoms. The minimum absolute atomic E-state index is 0.0232. The lowest BCUT2D eigenvalue weighted by Crippen LogP contribution is -2.58. The third-order valence-corrected chi connectivity index (χ3v) is 2.78. The van der Waals surface area contributed by atoms with Crippen molar-refractivity contribution in [3.05, 3.63) is 29.8 Å². The first-order valence-electron chi connectivity index (χ1n) is 5.78. The maximum atomic E-state index is 11.9. The lowest BCUT2D eigenvalue weighted by atomic mass is 10.1. The SMILES string of the molecule is NC(N)=Nc1ccc(C(=O)NC2CN(C=O)C2)cc1. The number of nitrogens with two attached hydrogens (primary N) is 2. The van der Waals surface area contributed by atoms with Crippen molar-refractivity contribution in [3.63, 3.8) is 0 Å². The topological polar surface area (TPSA) is 114 Å². The van der Waals surface area contributed by atoms with Crippen LogP contribution in [0.15, 0.2) is 29.3 Å². The first-order chi connectivity index (χ1) is 9.08. The summed E-state index contributed by atoms with van der Waals surface area (Å²) in [6.45, 7) is 1.11. The molecule has 1 fully saturated rings. The van der Waals surface area contributed by atoms with Crippen LogP contribution in [-0.4, -0.2) is 42.3 Å². The third-order valence-electron chi connectivity index (χ3n) is 2.78. The zero-order chi connectivity index (χ0) is 13.8. The summed E-state index contributed by atoms with van der Waals surface area (Å²) in [7, 11) is 0. The average molecular weight is 261 g/mol. The van der Waals surface area contributed by atoms with Gasteiger partial charge in [-0.15, -0.1) is 0 Å². The molecular weight excluding hydrogens is 246 g/mol. The van der Waals surface area contributed by atoms with Crippen molar-refractivity contribution in [1.82, 2.24) is 10.2 Å². The molecule has 1 heterocycles. The molecule has 7 nitrogen and oxygen atoms in total. The molecular formula is C12H15N5O2. The van der Waals surface area contributed by atoms with Crippen LogP contribution in [0.3, 0.4) is 0 Å². The summed E-state index contributed by atoms with van der Waals surface area (Å²) in [5.41, 5.74) is 11.6. The van der Waals surface area contributed by atoms with Gasteiger partial charge in [-0.3, -0.25) is 9.59 Å². The number of carbonyl (C=O) groups excluding carboxylic acids is 2. The Morgan fingerprint density at radius 2 is 1.95 bits per heavy atom. The number of carbonyl (C=O) groups is 2. The second-order valence-corrected chi connectivity index (χ2v) is 4.31. The molecule has 2 rings (SSSR count). The number of benzene rings is 1. The van der Waals surface area contributed by atoms with Gasteiger partial charge in [-0.25, -0.2) is 4.99 Å². The van der Waals surface area contributed by atoms with Crippen LogP contribution in [0.4, 0.5) is 5.69 Å². The predicted molar refractivity (Wildman–Crippen MR) is 70.8 cm³/mol. The number of nitrogens with zero attached hydrogens (tertiary/aromatic N) is 2. The minimum Gasteiger partial charge on any atom is -0.370 e. The quantitative estimate of drug-likeness (QED) is 0.372. The molecule has 0 bridgehead atoms. The predicted octanol–water partition coefficient (Wildman–Crippen LogP) is -0.838. The van der Waals surface area contributed by atoms with E-state index >= 15 is 0 Å². The molecule has 0 atom stereocenters. The van der Waals surface area contributed by atoms with E-state index in [2.05, 4.69) is 10.3 Å². The van der Waals surface area contributed by atoms with Crippen molar-refractivity contribution >= 4 is 24.0 Å². The second kappa shape index (κ2) is 5.38. The Bertz CT molecular complexity index is 501. The van der Waals surface area contributed by atoms with E-state index in [0.717, 1.165) is 6.41 Å². The van der Waals surface area contributed by atoms with Crippen LogP contribution >= 0.6 is 0 Å². The Balaban J connectivity index is 1.93. The van der Waals surface area contributed by atoms with Gasteiger partial charge < -0.3 is 21.7 Å². The third kappa shape index (κ3) is 3.21. The van der Waals surface area contributed by atoms with E-state index in [1.807, 2.05) is 0 Å². The van der Waals surface area contributed by atoms with Gasteiger partial charge in [-0.2, -0.15) is 0 Å². The highest BCUT2D eigenvalue weighted by molar-refractivity contribution is 5.95. The molecule has 2 amide bonds. The molecule has 19 heavy (non-hydrogen) atoms. The van der Waals surface area contributed by atoms with Gasteiger partial charge in [0, 0.05) is 18.7 Å². The van der Waals surface area contributed by atoms with Crippen LogP contribution in [-0.2, 0) is 4.79 Å². The fourth-order valence-corrected chi connectivity index (χ4v) is 1.80. The van der Waals surface area contributed by atoms with Crippen LogP contribution in [0.2, 0.25) is 0 Å². The summed E-state index contributed by atoms with van der Waals surface area (Å²) >= 11 is 0. The summed E-state index contributed by atoms with van der Waals surface area (Å²) in [6, 6.07) is 6.64. The van der Waals surface area contributed by atoms with Gasteiger partial charge in [0.1, 0.15) is 0 Å². The fourth-order valence-electron chi connectivity index (χ4n) is 1.80. The maximum Gasteiger partial charge on any atom is 0.251 e. The lowest BCUT2D eigenvalue weighted by Gasteiger charge is -2.36. The van der Waals surface area contributed by atoms with Gasteiger partial charge in [0.2, 0.25) is 6.41 Å². The molecule has 0 saturated carbocycles. The summed E-state index contributed by atoms with van der Waals surface area (Å²) in [5.74, 6) is -0.201. The Morgan fingerprint density at radius 3 is 2.47 bits per heavy atom. The van der Waals surface area contributed by atoms with Gasteiger partial charge in [0.05, 0.1) is 11.7 Å². The van der Waals surface area contributed by atoms with Crippen molar-refractivity contribution in [3.8, 4) is 0 Å². The Labute approximate surface area is 110 Å². The summed E-state index contributed by atoms with van der Waals surface area (Å²) < 4.78 is 0. The number of nitrogens with one attached hydrogen (secondary N) is 1. The molecule has 0 aliphatic carbocycles. The van der Waals surface area contributed by atoms with Crippen molar-refractivity contribution < 1.29 is 9.59 Å². The minimum atomic E-state index is -0.174. The summed E-state index contributed by atoms with van der Waals surface area (Å²) in [5, 5.41) is 2.83. The maximum absolute atomic E-state index is 11.9. The number of amides is 2. The highest BCUT2D eigenvalue weighted by Crippen LogP contribution is 2.13. The largest absolute Gasteiger partial charge is 0.370 e. The number of guanidine groups is 1. The first-order valence-corrected chi connectivity index (χ1v) is 5.78. The summed E-state index contributed by atoms with van der Waals surface area (Å²) in [4.78, 5) is 27.7. The first kappa shape index (κ1) is 12.9. The van der Waals surface area contributed by atoms with Crippen molar-refractivity contribution in [2.45, 2.75) is 6.04 Å². The number of hydrogen-bond acceptors (Lipinski definition) is 3. The number of aliphatic imine (C=N–C) groups is 1. The van der Waals surface area contributed by atoms with Crippen molar-refractivity contribution in [2.75, 3.05) is 13.1 Å². The van der Waals surface area contributed by atoms with Crippen LogP contribution in [0, 0.1) is 0 Å². The Hall–Kier alpha value is -2.57. The molecule has 7 heteroatoms. The lowest BCUT2D eigenvalue weighted by molar-refractivity contribution is -0.122. The molecule has 1 aliphatic heterocycles. The highest BCUT2D eigenvalue weighted by Gasteiger charge is 2.26. The molecule has 1 saturated heterocycles. The van der Waals surface area contributed by atoms with Crippen LogP contribution in [0.1, 0.15) is 10.4 Å². The van der Waals surface area contributed by atoms with E-state index in [1.54, 1.807) is 29.2 Å². The van der Waals surface area contributed by atoms with Gasteiger partial charge in [0.15, 0.2) is 5.96 Å². The molecule has 1 aromatic carbocycles. The normalized spacial score (nSPS) is 14.4. The van der Waals surface area contributed by atoms with Crippen LogP contribution in [0.25, 0.3) is 0 Å². The van der Waals surface area contributed by atoms with Crippen LogP contribution in [0.5, 0.6) is 0 Å². The van der Waals surface area contributed by atoms with E-state index < -0.39 is 0 Å². The van der Waals surface area contributed by atoms with Crippen molar-refractivity contribution in [2.24, 2.45) is 16.5 Å². The molecule has 0 radical (unpaired) electrons. The molecule has 1 aliphatic rings. The average Bonchev–Trinajstić information content (AvgIpc) is 2.33. The standard InChI is InChI=1S/C12H15N5O2/c13-12(14)16-9-3-1-8(2-4-9)11(19)15-10-5-17(6-10)7-18/h1-4,7,10H,5-6H2,(H,15,19)(H4,13,14,16). The summed E-state index contributed by atoms with van der Waals surface area (Å²) in [6.07, 6.45) is 0.771. The Kier molecular flexibility index (Phi) is 3.65. The molecule has 100 valence electrons. The monoisotopic (exact) mass is 261 g/mol. The van der Waals surface area contributed by atoms with Crippen molar-refractivity contribution in [1.29, 1.82) is 0 Å². The zero-order valence-corrected chi connectivity index (χ0v) is 10.2. The van der Waals surface area contributed by atoms with Crippen LogP contribution < -0.4 is 16.8 Å². The number of likely N-dealkylation sites (tertiary alicyclic amines) is 1. The smallest absolute Gasteiger partial charge is 0.251 e. The van der Waals surface area contributed by atoms with Gasteiger partial charge in [-0.1, -0.05) is 0 Å². The van der Waals surface area contributed by atoms with E-state index in [9.17, 15) is 9.59 Å².